The number of furan rings is 1. The molecule has 0 bridgehead atoms. The number of rotatable bonds is 2. The normalized spacial score (nSPS) is 13.6. The zero-order valence-electron chi connectivity index (χ0n) is 13.4. The lowest BCUT2D eigenvalue weighted by atomic mass is 10.1. The Morgan fingerprint density at radius 2 is 1.54 bits per heavy atom. The fourth-order valence-corrected chi connectivity index (χ4v) is 3.00. The van der Waals surface area contributed by atoms with E-state index in [0.717, 1.165) is 27.9 Å². The van der Waals surface area contributed by atoms with Crippen LogP contribution in [0.3, 0.4) is 0 Å². The second-order valence-electron chi connectivity index (χ2n) is 5.75. The molecule has 0 fully saturated rings. The molecule has 1 aliphatic carbocycles. The quantitative estimate of drug-likeness (QED) is 0.360. The molecule has 0 saturated heterocycles. The van der Waals surface area contributed by atoms with Crippen molar-refractivity contribution in [2.75, 3.05) is 0 Å². The van der Waals surface area contributed by atoms with E-state index in [4.69, 9.17) is 14.2 Å². The summed E-state index contributed by atoms with van der Waals surface area (Å²) >= 11 is 0. The minimum atomic E-state index is -0.665. The van der Waals surface area contributed by atoms with E-state index in [9.17, 15) is 4.79 Å². The van der Waals surface area contributed by atoms with Crippen LogP contribution in [0.2, 0.25) is 0 Å². The number of carbonyl (C=O) groups is 1. The van der Waals surface area contributed by atoms with Crippen LogP contribution in [0.5, 0.6) is 0 Å². The number of oxime groups is 1. The van der Waals surface area contributed by atoms with Gasteiger partial charge in [-0.3, -0.25) is 0 Å². The Labute approximate surface area is 147 Å². The highest BCUT2D eigenvalue weighted by Crippen LogP contribution is 2.35. The van der Waals surface area contributed by atoms with Gasteiger partial charge in [0.1, 0.15) is 11.4 Å². The van der Waals surface area contributed by atoms with Crippen LogP contribution in [0.15, 0.2) is 76.5 Å². The van der Waals surface area contributed by atoms with Crippen molar-refractivity contribution in [2.24, 2.45) is 5.16 Å². The summed E-state index contributed by atoms with van der Waals surface area (Å²) in [7, 11) is 0. The third-order valence-electron chi connectivity index (χ3n) is 4.17. The molecule has 0 unspecified atom stereocenters. The first-order valence-corrected chi connectivity index (χ1v) is 8.01. The maximum atomic E-state index is 12.0. The number of aromatic nitrogens is 2. The smallest absolute Gasteiger partial charge is 0.400 e. The molecule has 6 nitrogen and oxygen atoms in total. The van der Waals surface area contributed by atoms with E-state index in [2.05, 4.69) is 10.1 Å². The van der Waals surface area contributed by atoms with Crippen molar-refractivity contribution in [3.63, 3.8) is 0 Å². The number of para-hydroxylation sites is 2. The first kappa shape index (κ1) is 14.5. The van der Waals surface area contributed by atoms with Crippen LogP contribution in [0.1, 0.15) is 21.8 Å². The van der Waals surface area contributed by atoms with Gasteiger partial charge >= 0.3 is 5.97 Å². The van der Waals surface area contributed by atoms with Gasteiger partial charge in [0, 0.05) is 11.1 Å². The number of fused-ring (bicyclic) bond motifs is 4. The average Bonchev–Trinajstić information content (AvgIpc) is 3.31. The highest BCUT2D eigenvalue weighted by molar-refractivity contribution is 6.23. The zero-order valence-corrected chi connectivity index (χ0v) is 13.4. The van der Waals surface area contributed by atoms with Gasteiger partial charge in [-0.15, -0.1) is 0 Å². The highest BCUT2D eigenvalue weighted by Gasteiger charge is 2.29. The maximum Gasteiger partial charge on any atom is 0.400 e. The molecule has 0 spiro atoms. The van der Waals surface area contributed by atoms with E-state index < -0.39 is 5.97 Å². The van der Waals surface area contributed by atoms with Gasteiger partial charge in [-0.1, -0.05) is 41.6 Å². The van der Waals surface area contributed by atoms with Gasteiger partial charge in [0.2, 0.25) is 5.76 Å². The standard InChI is InChI=1S/C20H11N3O3/c24-20(16-10-5-11-25-16)26-23-18-13-7-2-1-6-12(13)17-19(18)22-15-9-4-3-8-14(15)21-17/h1-11H. The molecular formula is C20H11N3O3. The molecule has 4 aromatic rings. The van der Waals surface area contributed by atoms with E-state index in [0.29, 0.717) is 11.4 Å². The summed E-state index contributed by atoms with van der Waals surface area (Å²) < 4.78 is 5.04. The van der Waals surface area contributed by atoms with Gasteiger partial charge < -0.3 is 9.25 Å². The molecule has 0 radical (unpaired) electrons. The third kappa shape index (κ3) is 2.20. The van der Waals surface area contributed by atoms with Crippen LogP contribution in [-0.2, 0) is 4.84 Å². The van der Waals surface area contributed by atoms with Crippen LogP contribution in [-0.4, -0.2) is 21.6 Å². The molecule has 2 aromatic carbocycles. The molecule has 0 saturated carbocycles. The van der Waals surface area contributed by atoms with Gasteiger partial charge in [-0.25, -0.2) is 14.8 Å². The highest BCUT2D eigenvalue weighted by atomic mass is 16.7. The summed E-state index contributed by atoms with van der Waals surface area (Å²) in [4.78, 5) is 26.5. The fraction of sp³-hybridized carbons (Fsp3) is 0. The largest absolute Gasteiger partial charge is 0.457 e. The summed E-state index contributed by atoms with van der Waals surface area (Å²) in [5.74, 6) is -0.576. The molecule has 2 heterocycles. The average molecular weight is 341 g/mol. The molecule has 6 heteroatoms. The Hall–Kier alpha value is -3.80. The minimum absolute atomic E-state index is 0.0884. The van der Waals surface area contributed by atoms with Crippen LogP contribution in [0.25, 0.3) is 22.3 Å². The monoisotopic (exact) mass is 341 g/mol. The molecule has 124 valence electrons. The summed E-state index contributed by atoms with van der Waals surface area (Å²) in [5.41, 5.74) is 5.09. The van der Waals surface area contributed by atoms with Crippen molar-refractivity contribution < 1.29 is 14.0 Å². The molecule has 0 atom stereocenters. The lowest BCUT2D eigenvalue weighted by Gasteiger charge is -2.02. The van der Waals surface area contributed by atoms with Crippen LogP contribution in [0, 0.1) is 0 Å². The lowest BCUT2D eigenvalue weighted by Crippen LogP contribution is -2.06. The second-order valence-corrected chi connectivity index (χ2v) is 5.75. The Kier molecular flexibility index (Phi) is 3.15. The van der Waals surface area contributed by atoms with E-state index >= 15 is 0 Å². The number of hydrogen-bond acceptors (Lipinski definition) is 6. The molecule has 2 aromatic heterocycles. The van der Waals surface area contributed by atoms with Crippen molar-refractivity contribution in [1.29, 1.82) is 0 Å². The van der Waals surface area contributed by atoms with E-state index in [1.807, 2.05) is 48.5 Å². The van der Waals surface area contributed by atoms with Crippen molar-refractivity contribution >= 4 is 22.7 Å². The van der Waals surface area contributed by atoms with Crippen LogP contribution in [0.4, 0.5) is 0 Å². The molecule has 0 N–H and O–H groups in total. The molecule has 0 aliphatic heterocycles. The SMILES string of the molecule is O=C(ON=C1c2ccccc2-c2nc3ccccc3nc21)c1ccco1. The summed E-state index contributed by atoms with van der Waals surface area (Å²) in [6.07, 6.45) is 1.40. The molecular weight excluding hydrogens is 330 g/mol. The Balaban J connectivity index is 1.65. The van der Waals surface area contributed by atoms with Gasteiger partial charge in [0.15, 0.2) is 0 Å². The predicted octanol–water partition coefficient (Wildman–Crippen LogP) is 3.81. The van der Waals surface area contributed by atoms with Crippen LogP contribution < -0.4 is 0 Å². The summed E-state index contributed by atoms with van der Waals surface area (Å²) in [5, 5.41) is 4.07. The van der Waals surface area contributed by atoms with Gasteiger partial charge in [-0.2, -0.15) is 0 Å². The minimum Gasteiger partial charge on any atom is -0.457 e. The number of hydrogen-bond donors (Lipinski definition) is 0. The number of nitrogens with zero attached hydrogens (tertiary/aromatic N) is 3. The summed E-state index contributed by atoms with van der Waals surface area (Å²) in [6, 6.07) is 18.4. The first-order valence-electron chi connectivity index (χ1n) is 8.01. The lowest BCUT2D eigenvalue weighted by molar-refractivity contribution is 0.0480. The Bertz CT molecular complexity index is 1180. The van der Waals surface area contributed by atoms with E-state index in [1.54, 1.807) is 6.07 Å². The maximum absolute atomic E-state index is 12.0. The van der Waals surface area contributed by atoms with Crippen molar-refractivity contribution in [3.8, 4) is 11.3 Å². The van der Waals surface area contributed by atoms with Crippen molar-refractivity contribution in [1.82, 2.24) is 9.97 Å². The third-order valence-corrected chi connectivity index (χ3v) is 4.17. The van der Waals surface area contributed by atoms with Gasteiger partial charge in [0.05, 0.1) is 23.0 Å². The van der Waals surface area contributed by atoms with E-state index in [1.165, 1.54) is 12.3 Å². The first-order chi connectivity index (χ1) is 12.8. The fourth-order valence-electron chi connectivity index (χ4n) is 3.00. The van der Waals surface area contributed by atoms with Crippen LogP contribution >= 0.6 is 0 Å². The van der Waals surface area contributed by atoms with Crippen molar-refractivity contribution in [2.45, 2.75) is 0 Å². The molecule has 0 amide bonds. The zero-order chi connectivity index (χ0) is 17.5. The molecule has 1 aliphatic rings. The predicted molar refractivity (Wildman–Crippen MR) is 94.7 cm³/mol. The molecule has 26 heavy (non-hydrogen) atoms. The topological polar surface area (TPSA) is 77.6 Å². The van der Waals surface area contributed by atoms with E-state index in [-0.39, 0.29) is 5.76 Å². The van der Waals surface area contributed by atoms with Crippen molar-refractivity contribution in [3.05, 3.63) is 83.9 Å². The van der Waals surface area contributed by atoms with Gasteiger partial charge in [0.25, 0.3) is 0 Å². The second kappa shape index (κ2) is 5.63. The summed E-state index contributed by atoms with van der Waals surface area (Å²) in [6.45, 7) is 0. The Morgan fingerprint density at radius 1 is 0.846 bits per heavy atom. The van der Waals surface area contributed by atoms with Gasteiger partial charge in [-0.05, 0) is 24.3 Å². The number of carbonyl (C=O) groups excluding carboxylic acids is 1. The molecule has 5 rings (SSSR count). The Morgan fingerprint density at radius 3 is 2.27 bits per heavy atom. The number of benzene rings is 2.